The summed E-state index contributed by atoms with van der Waals surface area (Å²) < 4.78 is 33.2. The van der Waals surface area contributed by atoms with E-state index < -0.39 is 12.2 Å². The van der Waals surface area contributed by atoms with Crippen molar-refractivity contribution in [3.63, 3.8) is 0 Å². The number of allylic oxidation sites excluding steroid dienone is 2. The van der Waals surface area contributed by atoms with E-state index in [2.05, 4.69) is 47.9 Å². The number of benzene rings is 4. The van der Waals surface area contributed by atoms with Gasteiger partial charge in [-0.05, 0) is 136 Å². The van der Waals surface area contributed by atoms with E-state index in [0.29, 0.717) is 52.5 Å². The summed E-state index contributed by atoms with van der Waals surface area (Å²) in [5, 5.41) is 0. The maximum absolute atomic E-state index is 12.2. The van der Waals surface area contributed by atoms with Crippen LogP contribution in [0.4, 0.5) is 0 Å². The molecule has 4 rings (SSSR count). The predicted molar refractivity (Wildman–Crippen MR) is 229 cm³/mol. The van der Waals surface area contributed by atoms with Crippen LogP contribution < -0.4 is 9.47 Å². The summed E-state index contributed by atoms with van der Waals surface area (Å²) >= 11 is 0. The summed E-state index contributed by atoms with van der Waals surface area (Å²) in [5.74, 6) is 13.6. The standard InChI is InChI=1S/C50H54O8/c1-7-53-47(49(51)55-9-3)35-41-19-27-45(28-20-41)57-33-31-37(5)11-13-39-15-23-43(24-16-39)44-25-17-40(18-26-44)14-12-38(6)32-34-58-46-29-21-42(22-30-46)36-48(54-8-2)50(52)56-10-4/h15-32,47-48H,7-10,33-36H2,1-6H3. The van der Waals surface area contributed by atoms with Gasteiger partial charge in [0.25, 0.3) is 0 Å². The maximum atomic E-state index is 12.2. The molecule has 0 fully saturated rings. The van der Waals surface area contributed by atoms with E-state index in [9.17, 15) is 9.59 Å². The highest BCUT2D eigenvalue weighted by Crippen LogP contribution is 2.21. The molecule has 0 bridgehead atoms. The van der Waals surface area contributed by atoms with Crippen LogP contribution in [0.15, 0.2) is 120 Å². The molecular weight excluding hydrogens is 729 g/mol. The average molecular weight is 783 g/mol. The van der Waals surface area contributed by atoms with Crippen LogP contribution in [0, 0.1) is 23.7 Å². The Balaban J connectivity index is 1.21. The zero-order valence-corrected chi connectivity index (χ0v) is 34.5. The summed E-state index contributed by atoms with van der Waals surface area (Å²) in [4.78, 5) is 24.3. The third kappa shape index (κ3) is 15.5. The Morgan fingerprint density at radius 3 is 1.21 bits per heavy atom. The monoisotopic (exact) mass is 782 g/mol. The zero-order chi connectivity index (χ0) is 41.5. The van der Waals surface area contributed by atoms with Gasteiger partial charge in [-0.3, -0.25) is 0 Å². The predicted octanol–water partition coefficient (Wildman–Crippen LogP) is 9.13. The summed E-state index contributed by atoms with van der Waals surface area (Å²) in [5.41, 5.74) is 7.81. The van der Waals surface area contributed by atoms with Gasteiger partial charge in [-0.1, -0.05) is 72.2 Å². The van der Waals surface area contributed by atoms with Crippen molar-refractivity contribution >= 4 is 11.9 Å². The van der Waals surface area contributed by atoms with E-state index >= 15 is 0 Å². The number of carbonyl (C=O) groups excluding carboxylic acids is 2. The van der Waals surface area contributed by atoms with Crippen molar-refractivity contribution in [2.75, 3.05) is 39.6 Å². The molecule has 0 aliphatic heterocycles. The van der Waals surface area contributed by atoms with Crippen molar-refractivity contribution in [3.8, 4) is 46.3 Å². The van der Waals surface area contributed by atoms with E-state index in [1.165, 1.54) is 0 Å². The van der Waals surface area contributed by atoms with Crippen LogP contribution in [0.5, 0.6) is 11.5 Å². The lowest BCUT2D eigenvalue weighted by Crippen LogP contribution is -2.28. The number of hydrogen-bond donors (Lipinski definition) is 0. The summed E-state index contributed by atoms with van der Waals surface area (Å²) in [6.07, 6.45) is 3.56. The molecule has 0 saturated carbocycles. The molecule has 0 aromatic heterocycles. The minimum absolute atomic E-state index is 0.324. The molecule has 0 aliphatic carbocycles. The van der Waals surface area contributed by atoms with Gasteiger partial charge in [0.2, 0.25) is 0 Å². The first-order valence-electron chi connectivity index (χ1n) is 19.8. The van der Waals surface area contributed by atoms with Crippen LogP contribution in [0.3, 0.4) is 0 Å². The molecule has 8 nitrogen and oxygen atoms in total. The number of carbonyl (C=O) groups is 2. The minimum Gasteiger partial charge on any atom is -0.490 e. The van der Waals surface area contributed by atoms with Crippen molar-refractivity contribution in [2.45, 2.75) is 66.6 Å². The van der Waals surface area contributed by atoms with Gasteiger partial charge < -0.3 is 28.4 Å². The molecule has 0 N–H and O–H groups in total. The quantitative estimate of drug-likeness (QED) is 0.0688. The molecule has 8 heteroatoms. The van der Waals surface area contributed by atoms with E-state index in [-0.39, 0.29) is 11.9 Å². The van der Waals surface area contributed by atoms with Crippen LogP contribution in [-0.2, 0) is 41.4 Å². The Morgan fingerprint density at radius 1 is 0.517 bits per heavy atom. The van der Waals surface area contributed by atoms with E-state index in [4.69, 9.17) is 28.4 Å². The first kappa shape index (κ1) is 44.7. The first-order chi connectivity index (χ1) is 28.2. The Hall–Kier alpha value is -6.06. The van der Waals surface area contributed by atoms with Crippen LogP contribution in [0.2, 0.25) is 0 Å². The fourth-order valence-electron chi connectivity index (χ4n) is 5.63. The highest BCUT2D eigenvalue weighted by atomic mass is 16.6. The highest BCUT2D eigenvalue weighted by molar-refractivity contribution is 5.75. The van der Waals surface area contributed by atoms with Gasteiger partial charge in [-0.25, -0.2) is 9.59 Å². The van der Waals surface area contributed by atoms with E-state index in [1.54, 1.807) is 13.8 Å². The van der Waals surface area contributed by atoms with Crippen LogP contribution in [0.1, 0.15) is 63.8 Å². The van der Waals surface area contributed by atoms with Crippen LogP contribution in [-0.4, -0.2) is 63.8 Å². The largest absolute Gasteiger partial charge is 0.490 e. The molecule has 0 amide bonds. The van der Waals surface area contributed by atoms with Crippen molar-refractivity contribution in [3.05, 3.63) is 143 Å². The fourth-order valence-corrected chi connectivity index (χ4v) is 5.63. The zero-order valence-electron chi connectivity index (χ0n) is 34.5. The van der Waals surface area contributed by atoms with Crippen molar-refractivity contribution in [2.24, 2.45) is 0 Å². The number of hydrogen-bond acceptors (Lipinski definition) is 8. The second kappa shape index (κ2) is 24.5. The van der Waals surface area contributed by atoms with Gasteiger partial charge in [-0.2, -0.15) is 0 Å². The van der Waals surface area contributed by atoms with Crippen LogP contribution >= 0.6 is 0 Å². The Labute approximate surface area is 344 Å². The lowest BCUT2D eigenvalue weighted by atomic mass is 10.0. The number of esters is 2. The second-order valence-corrected chi connectivity index (χ2v) is 13.1. The highest BCUT2D eigenvalue weighted by Gasteiger charge is 2.21. The van der Waals surface area contributed by atoms with Gasteiger partial charge in [0.15, 0.2) is 12.2 Å². The van der Waals surface area contributed by atoms with E-state index in [0.717, 1.165) is 56.0 Å². The third-order valence-electron chi connectivity index (χ3n) is 8.71. The van der Waals surface area contributed by atoms with Gasteiger partial charge in [0.1, 0.15) is 24.7 Å². The summed E-state index contributed by atoms with van der Waals surface area (Å²) in [6.45, 7) is 13.5. The number of rotatable bonds is 19. The average Bonchev–Trinajstić information content (AvgIpc) is 3.23. The lowest BCUT2D eigenvalue weighted by molar-refractivity contribution is -0.157. The number of ether oxygens (including phenoxy) is 6. The Kier molecular flexibility index (Phi) is 18.9. The molecule has 2 atom stereocenters. The molecule has 302 valence electrons. The topological polar surface area (TPSA) is 89.5 Å². The van der Waals surface area contributed by atoms with Gasteiger partial charge in [0, 0.05) is 37.2 Å². The fraction of sp³-hybridized carbons (Fsp3) is 0.320. The van der Waals surface area contributed by atoms with Gasteiger partial charge in [-0.15, -0.1) is 0 Å². The summed E-state index contributed by atoms with van der Waals surface area (Å²) in [6, 6.07) is 31.7. The Bertz CT molecular complexity index is 1920. The molecule has 0 saturated heterocycles. The molecule has 0 aliphatic rings. The van der Waals surface area contributed by atoms with Gasteiger partial charge in [0.05, 0.1) is 13.2 Å². The minimum atomic E-state index is -0.618. The second-order valence-electron chi connectivity index (χ2n) is 13.1. The SMILES string of the molecule is CCOC(=O)C(Cc1ccc(OCC=C(C)C#Cc2ccc(-c3ccc(C#CC(C)=CCOc4ccc(CC(OCC)C(=O)OCC)cc4)cc3)cc2)cc1)OCC. The molecule has 4 aromatic carbocycles. The third-order valence-corrected chi connectivity index (χ3v) is 8.71. The molecule has 0 radical (unpaired) electrons. The van der Waals surface area contributed by atoms with Crippen molar-refractivity contribution in [1.29, 1.82) is 0 Å². The molecule has 4 aromatic rings. The molecule has 0 heterocycles. The first-order valence-corrected chi connectivity index (χ1v) is 19.8. The van der Waals surface area contributed by atoms with Crippen molar-refractivity contribution < 1.29 is 38.0 Å². The maximum Gasteiger partial charge on any atom is 0.335 e. The smallest absolute Gasteiger partial charge is 0.335 e. The van der Waals surface area contributed by atoms with Gasteiger partial charge >= 0.3 is 11.9 Å². The molecule has 0 spiro atoms. The van der Waals surface area contributed by atoms with Crippen molar-refractivity contribution in [1.82, 2.24) is 0 Å². The molecular formula is C50H54O8. The van der Waals surface area contributed by atoms with E-state index in [1.807, 2.05) is 113 Å². The molecule has 58 heavy (non-hydrogen) atoms. The Morgan fingerprint density at radius 2 is 0.879 bits per heavy atom. The normalized spacial score (nSPS) is 12.2. The van der Waals surface area contributed by atoms with Crippen LogP contribution in [0.25, 0.3) is 11.1 Å². The molecule has 2 unspecified atom stereocenters. The summed E-state index contributed by atoms with van der Waals surface area (Å²) in [7, 11) is 0. The lowest BCUT2D eigenvalue weighted by Gasteiger charge is -2.15.